The number of amides is 1. The molecule has 7 heteroatoms. The number of anilines is 1. The SMILES string of the molecule is O=C([O-])C[C@H](C(=O)Nc1cc(Cl)ccc1Cl)[C@@H]1CCCO1. The molecule has 0 saturated carbocycles. The zero-order valence-corrected chi connectivity index (χ0v) is 12.6. The van der Waals surface area contributed by atoms with Gasteiger partial charge in [-0.2, -0.15) is 0 Å². The summed E-state index contributed by atoms with van der Waals surface area (Å²) in [6, 6.07) is 4.66. The highest BCUT2D eigenvalue weighted by Crippen LogP contribution is 2.28. The standard InChI is InChI=1S/C14H15Cl2NO4/c15-8-3-4-10(16)11(6-8)17-14(20)9(7-13(18)19)12-2-1-5-21-12/h3-4,6,9,12H,1-2,5,7H2,(H,17,20)(H,18,19)/p-1/t9-,12-/m0/s1. The maximum absolute atomic E-state index is 12.3. The van der Waals surface area contributed by atoms with E-state index in [1.54, 1.807) is 12.1 Å². The highest BCUT2D eigenvalue weighted by Gasteiger charge is 2.32. The number of hydrogen-bond acceptors (Lipinski definition) is 4. The van der Waals surface area contributed by atoms with Crippen molar-refractivity contribution in [2.24, 2.45) is 5.92 Å². The molecule has 0 aliphatic carbocycles. The Morgan fingerprint density at radius 1 is 1.43 bits per heavy atom. The van der Waals surface area contributed by atoms with Crippen LogP contribution in [-0.2, 0) is 14.3 Å². The van der Waals surface area contributed by atoms with Crippen LogP contribution in [-0.4, -0.2) is 24.6 Å². The molecule has 1 amide bonds. The molecule has 1 aliphatic heterocycles. The number of nitrogens with one attached hydrogen (secondary N) is 1. The number of halogens is 2. The van der Waals surface area contributed by atoms with E-state index in [9.17, 15) is 14.7 Å². The summed E-state index contributed by atoms with van der Waals surface area (Å²) >= 11 is 11.8. The van der Waals surface area contributed by atoms with Crippen molar-refractivity contribution in [3.05, 3.63) is 28.2 Å². The average Bonchev–Trinajstić information content (AvgIpc) is 2.93. The van der Waals surface area contributed by atoms with Crippen LogP contribution >= 0.6 is 23.2 Å². The molecule has 0 bridgehead atoms. The van der Waals surface area contributed by atoms with E-state index in [4.69, 9.17) is 27.9 Å². The first-order valence-electron chi connectivity index (χ1n) is 6.54. The van der Waals surface area contributed by atoms with Crippen molar-refractivity contribution >= 4 is 40.8 Å². The molecular formula is C14H14Cl2NO4-. The lowest BCUT2D eigenvalue weighted by Gasteiger charge is -2.23. The Morgan fingerprint density at radius 2 is 2.19 bits per heavy atom. The second-order valence-electron chi connectivity index (χ2n) is 4.85. The fourth-order valence-corrected chi connectivity index (χ4v) is 2.65. The Bertz CT molecular complexity index is 544. The normalized spacial score (nSPS) is 19.2. The third-order valence-electron chi connectivity index (χ3n) is 3.32. The zero-order chi connectivity index (χ0) is 15.4. The predicted octanol–water partition coefficient (Wildman–Crippen LogP) is 1.87. The quantitative estimate of drug-likeness (QED) is 0.893. The van der Waals surface area contributed by atoms with Crippen LogP contribution in [0.2, 0.25) is 10.0 Å². The molecular weight excluding hydrogens is 317 g/mol. The highest BCUT2D eigenvalue weighted by atomic mass is 35.5. The number of ether oxygens (including phenoxy) is 1. The molecule has 0 radical (unpaired) electrons. The number of carboxylic acids is 1. The molecule has 1 aliphatic rings. The number of carboxylic acid groups (broad SMARTS) is 1. The Kier molecular flexibility index (Phi) is 5.45. The van der Waals surface area contributed by atoms with Crippen LogP contribution in [0.4, 0.5) is 5.69 Å². The molecule has 114 valence electrons. The van der Waals surface area contributed by atoms with E-state index < -0.39 is 30.3 Å². The van der Waals surface area contributed by atoms with Gasteiger partial charge in [0.15, 0.2) is 0 Å². The van der Waals surface area contributed by atoms with Crippen LogP contribution in [0.15, 0.2) is 18.2 Å². The lowest BCUT2D eigenvalue weighted by Crippen LogP contribution is -2.38. The van der Waals surface area contributed by atoms with Crippen molar-refractivity contribution in [1.82, 2.24) is 0 Å². The molecule has 1 heterocycles. The van der Waals surface area contributed by atoms with Gasteiger partial charge in [0.05, 0.1) is 22.7 Å². The van der Waals surface area contributed by atoms with Crippen LogP contribution in [0.25, 0.3) is 0 Å². The summed E-state index contributed by atoms with van der Waals surface area (Å²) in [6.07, 6.45) is 0.642. The zero-order valence-electron chi connectivity index (χ0n) is 11.1. The first-order chi connectivity index (χ1) is 9.97. The summed E-state index contributed by atoms with van der Waals surface area (Å²) in [5, 5.41) is 14.2. The van der Waals surface area contributed by atoms with Crippen LogP contribution in [0.3, 0.4) is 0 Å². The van der Waals surface area contributed by atoms with E-state index in [-0.39, 0.29) is 0 Å². The largest absolute Gasteiger partial charge is 0.550 e. The van der Waals surface area contributed by atoms with Gasteiger partial charge < -0.3 is 20.0 Å². The van der Waals surface area contributed by atoms with Gasteiger partial charge in [-0.15, -0.1) is 0 Å². The fraction of sp³-hybridized carbons (Fsp3) is 0.429. The van der Waals surface area contributed by atoms with E-state index in [0.717, 1.165) is 6.42 Å². The predicted molar refractivity (Wildman–Crippen MR) is 77.2 cm³/mol. The number of carbonyl (C=O) groups is 2. The van der Waals surface area contributed by atoms with Crippen molar-refractivity contribution in [1.29, 1.82) is 0 Å². The minimum absolute atomic E-state index is 0.326. The lowest BCUT2D eigenvalue weighted by molar-refractivity contribution is -0.307. The molecule has 2 atom stereocenters. The Hall–Kier alpha value is -1.30. The van der Waals surface area contributed by atoms with Gasteiger partial charge in [-0.1, -0.05) is 23.2 Å². The molecule has 2 rings (SSSR count). The topological polar surface area (TPSA) is 78.5 Å². The van der Waals surface area contributed by atoms with Crippen LogP contribution < -0.4 is 10.4 Å². The van der Waals surface area contributed by atoms with Gasteiger partial charge in [0.25, 0.3) is 0 Å². The molecule has 1 aromatic carbocycles. The second kappa shape index (κ2) is 7.11. The molecule has 1 N–H and O–H groups in total. The minimum atomic E-state index is -1.29. The van der Waals surface area contributed by atoms with Crippen molar-refractivity contribution in [2.45, 2.75) is 25.4 Å². The molecule has 1 fully saturated rings. The van der Waals surface area contributed by atoms with Crippen molar-refractivity contribution < 1.29 is 19.4 Å². The first-order valence-corrected chi connectivity index (χ1v) is 7.30. The summed E-state index contributed by atoms with van der Waals surface area (Å²) in [6.45, 7) is 0.527. The van der Waals surface area contributed by atoms with Gasteiger partial charge >= 0.3 is 0 Å². The molecule has 1 saturated heterocycles. The Balaban J connectivity index is 2.13. The third-order valence-corrected chi connectivity index (χ3v) is 3.89. The van der Waals surface area contributed by atoms with E-state index in [1.165, 1.54) is 6.07 Å². The van der Waals surface area contributed by atoms with Gasteiger partial charge in [-0.3, -0.25) is 4.79 Å². The molecule has 5 nitrogen and oxygen atoms in total. The molecule has 0 aromatic heterocycles. The molecule has 1 aromatic rings. The van der Waals surface area contributed by atoms with Gasteiger partial charge in [0.1, 0.15) is 0 Å². The maximum atomic E-state index is 12.3. The van der Waals surface area contributed by atoms with Gasteiger partial charge in [0, 0.05) is 24.0 Å². The van der Waals surface area contributed by atoms with Gasteiger partial charge in [-0.25, -0.2) is 0 Å². The summed E-state index contributed by atoms with van der Waals surface area (Å²) in [5.41, 5.74) is 0.343. The van der Waals surface area contributed by atoms with Crippen LogP contribution in [0.1, 0.15) is 19.3 Å². The summed E-state index contributed by atoms with van der Waals surface area (Å²) in [5.74, 6) is -2.56. The monoisotopic (exact) mass is 330 g/mol. The van der Waals surface area contributed by atoms with E-state index in [1.807, 2.05) is 0 Å². The van der Waals surface area contributed by atoms with Crippen LogP contribution in [0.5, 0.6) is 0 Å². The van der Waals surface area contributed by atoms with Crippen molar-refractivity contribution in [3.8, 4) is 0 Å². The van der Waals surface area contributed by atoms with E-state index in [2.05, 4.69) is 5.32 Å². The Morgan fingerprint density at radius 3 is 2.81 bits per heavy atom. The third kappa shape index (κ3) is 4.33. The number of rotatable bonds is 5. The smallest absolute Gasteiger partial charge is 0.230 e. The summed E-state index contributed by atoms with van der Waals surface area (Å²) in [4.78, 5) is 23.2. The number of aliphatic carboxylic acids is 1. The van der Waals surface area contributed by atoms with E-state index >= 15 is 0 Å². The number of benzene rings is 1. The van der Waals surface area contributed by atoms with Gasteiger partial charge in [-0.05, 0) is 31.0 Å². The molecule has 0 spiro atoms. The lowest BCUT2D eigenvalue weighted by atomic mass is 9.95. The maximum Gasteiger partial charge on any atom is 0.230 e. The number of hydrogen-bond donors (Lipinski definition) is 1. The molecule has 0 unspecified atom stereocenters. The van der Waals surface area contributed by atoms with E-state index in [0.29, 0.717) is 28.8 Å². The first kappa shape index (κ1) is 16.1. The van der Waals surface area contributed by atoms with Crippen LogP contribution in [0, 0.1) is 5.92 Å². The summed E-state index contributed by atoms with van der Waals surface area (Å²) < 4.78 is 5.42. The fourth-order valence-electron chi connectivity index (χ4n) is 2.31. The van der Waals surface area contributed by atoms with Crippen molar-refractivity contribution in [2.75, 3.05) is 11.9 Å². The minimum Gasteiger partial charge on any atom is -0.550 e. The van der Waals surface area contributed by atoms with Gasteiger partial charge in [0.2, 0.25) is 5.91 Å². The number of carbonyl (C=O) groups excluding carboxylic acids is 2. The Labute approximate surface area is 132 Å². The highest BCUT2D eigenvalue weighted by molar-refractivity contribution is 6.35. The average molecular weight is 331 g/mol. The van der Waals surface area contributed by atoms with Crippen molar-refractivity contribution in [3.63, 3.8) is 0 Å². The summed E-state index contributed by atoms with van der Waals surface area (Å²) in [7, 11) is 0. The second-order valence-corrected chi connectivity index (χ2v) is 5.69. The molecule has 21 heavy (non-hydrogen) atoms.